The van der Waals surface area contributed by atoms with Gasteiger partial charge in [0.25, 0.3) is 0 Å². The zero-order valence-electron chi connectivity index (χ0n) is 18.9. The van der Waals surface area contributed by atoms with E-state index in [4.69, 9.17) is 0 Å². The van der Waals surface area contributed by atoms with Gasteiger partial charge in [-0.15, -0.1) is 0 Å². The van der Waals surface area contributed by atoms with Crippen molar-refractivity contribution in [3.05, 3.63) is 74.2 Å². The van der Waals surface area contributed by atoms with Crippen LogP contribution < -0.4 is 28.1 Å². The average molecular weight is 547 g/mol. The van der Waals surface area contributed by atoms with E-state index in [0.717, 1.165) is 6.42 Å². The van der Waals surface area contributed by atoms with Gasteiger partial charge in [-0.3, -0.25) is 0 Å². The van der Waals surface area contributed by atoms with Crippen molar-refractivity contribution in [1.82, 2.24) is 0 Å². The van der Waals surface area contributed by atoms with Gasteiger partial charge in [0.1, 0.15) is 0 Å². The minimum Gasteiger partial charge on any atom is -1.00 e. The van der Waals surface area contributed by atoms with Crippen LogP contribution in [0.15, 0.2) is 63.1 Å². The van der Waals surface area contributed by atoms with Crippen molar-refractivity contribution in [1.29, 1.82) is 0 Å². The third-order valence-corrected chi connectivity index (χ3v) is 16.9. The molecule has 0 saturated heterocycles. The monoisotopic (exact) mass is 544 g/mol. The number of fused-ring (bicyclic) bond motifs is 3. The zero-order valence-corrected chi connectivity index (χ0v) is 23.9. The van der Waals surface area contributed by atoms with E-state index in [0.29, 0.717) is 0 Å². The third kappa shape index (κ3) is 4.89. The van der Waals surface area contributed by atoms with Crippen LogP contribution in [0.3, 0.4) is 0 Å². The van der Waals surface area contributed by atoms with E-state index in [9.17, 15) is 0 Å². The summed E-state index contributed by atoms with van der Waals surface area (Å²) < 4.78 is 5.67. The van der Waals surface area contributed by atoms with Gasteiger partial charge in [0.15, 0.2) is 0 Å². The molecular weight excluding hydrogens is 515 g/mol. The minimum atomic E-state index is -2.01. The second-order valence-corrected chi connectivity index (χ2v) is 21.5. The Morgan fingerprint density at radius 1 is 0.806 bits per heavy atom. The Kier molecular flexibility index (Phi) is 8.23. The maximum Gasteiger partial charge on any atom is -1.00 e. The van der Waals surface area contributed by atoms with Crippen molar-refractivity contribution in [3.8, 4) is 11.1 Å². The maximum atomic E-state index is 2.70. The van der Waals surface area contributed by atoms with Crippen LogP contribution >= 0.6 is 0 Å². The number of benzene rings is 2. The van der Waals surface area contributed by atoms with Crippen LogP contribution in [0, 0.1) is 0 Å². The zero-order chi connectivity index (χ0) is 20.0. The number of hydrogen-bond acceptors (Lipinski definition) is 0. The minimum absolute atomic E-state index is 0. The SMILES string of the molecule is C[Si](C)(C)C1=CC[C]([Zr+2](=[C]2CCCCC2)[c]2cccc3c2Cc2ccccc2-3)=C1.[Cl-].[Cl-]. The molecule has 0 spiro atoms. The van der Waals surface area contributed by atoms with Gasteiger partial charge in [-0.05, 0) is 0 Å². The third-order valence-electron chi connectivity index (χ3n) is 6.99. The fraction of sp³-hybridized carbons (Fsp3) is 0.370. The summed E-state index contributed by atoms with van der Waals surface area (Å²) in [5.74, 6) is 0. The van der Waals surface area contributed by atoms with Gasteiger partial charge < -0.3 is 24.8 Å². The molecule has 2 aromatic rings. The van der Waals surface area contributed by atoms with Crippen molar-refractivity contribution >= 4 is 14.6 Å². The van der Waals surface area contributed by atoms with Crippen LogP contribution in [-0.4, -0.2) is 11.3 Å². The van der Waals surface area contributed by atoms with Crippen LogP contribution in [0.5, 0.6) is 0 Å². The molecule has 0 bridgehead atoms. The summed E-state index contributed by atoms with van der Waals surface area (Å²) in [6.07, 6.45) is 14.8. The fourth-order valence-corrected chi connectivity index (χ4v) is 15.5. The van der Waals surface area contributed by atoms with Crippen LogP contribution in [0.25, 0.3) is 11.1 Å². The topological polar surface area (TPSA) is 0 Å². The standard InChI is InChI=1S/C13H9.C8H13Si.C6H10.2ClH.Zr/c1-3-7-12-10(5-1)9-11-6-2-4-8-13(11)12;1-9(2,3)8-6-4-5-7-8;1-2-4-6-5-3-1;;;/h1-5,7-8H,9H2;6-7H,4H2,1-3H3;1-5H2;2*1H;/q;;;;;+2/p-2. The molecule has 0 aromatic heterocycles. The molecule has 3 aliphatic carbocycles. The van der Waals surface area contributed by atoms with Gasteiger partial charge in [-0.25, -0.2) is 0 Å². The number of hydrogen-bond donors (Lipinski definition) is 0. The van der Waals surface area contributed by atoms with Gasteiger partial charge in [0.2, 0.25) is 0 Å². The average Bonchev–Trinajstić information content (AvgIpc) is 3.35. The van der Waals surface area contributed by atoms with E-state index < -0.39 is 29.3 Å². The molecule has 0 aliphatic heterocycles. The van der Waals surface area contributed by atoms with Crippen molar-refractivity contribution in [3.63, 3.8) is 0 Å². The second-order valence-electron chi connectivity index (χ2n) is 9.99. The van der Waals surface area contributed by atoms with E-state index in [-0.39, 0.29) is 24.8 Å². The van der Waals surface area contributed by atoms with Crippen LogP contribution in [0.1, 0.15) is 49.7 Å². The van der Waals surface area contributed by atoms with Gasteiger partial charge in [0, 0.05) is 0 Å². The molecule has 2 aromatic carbocycles. The molecule has 0 unspecified atom stereocenters. The van der Waals surface area contributed by atoms with Gasteiger partial charge in [-0.2, -0.15) is 0 Å². The normalized spacial score (nSPS) is 16.8. The molecule has 3 aliphatic rings. The summed E-state index contributed by atoms with van der Waals surface area (Å²) in [6.45, 7) is 7.52. The predicted octanol–water partition coefficient (Wildman–Crippen LogP) is 0.737. The quantitative estimate of drug-likeness (QED) is 0.426. The molecule has 1 fully saturated rings. The van der Waals surface area contributed by atoms with Crippen molar-refractivity contribution in [2.75, 3.05) is 0 Å². The Morgan fingerprint density at radius 3 is 2.23 bits per heavy atom. The smallest absolute Gasteiger partial charge is 1.00 e. The first kappa shape index (κ1) is 25.1. The van der Waals surface area contributed by atoms with Crippen molar-refractivity contribution < 1.29 is 46.1 Å². The van der Waals surface area contributed by atoms with E-state index in [1.165, 1.54) is 55.2 Å². The van der Waals surface area contributed by atoms with Gasteiger partial charge >= 0.3 is 186 Å². The molecular formula is C27H32Cl2SiZr. The first-order chi connectivity index (χ1) is 14.0. The molecule has 0 amide bonds. The molecule has 5 rings (SSSR count). The maximum absolute atomic E-state index is 2.70. The molecule has 0 nitrogen and oxygen atoms in total. The summed E-state index contributed by atoms with van der Waals surface area (Å²) in [7, 11) is -1.23. The first-order valence-corrected chi connectivity index (χ1v) is 18.6. The number of halogens is 2. The van der Waals surface area contributed by atoms with E-state index >= 15 is 0 Å². The van der Waals surface area contributed by atoms with Crippen molar-refractivity contribution in [2.24, 2.45) is 0 Å². The van der Waals surface area contributed by atoms with E-state index in [1.807, 2.05) is 6.49 Å². The number of allylic oxidation sites excluding steroid dienone is 4. The Morgan fingerprint density at radius 2 is 1.52 bits per heavy atom. The Bertz CT molecular complexity index is 1060. The van der Waals surface area contributed by atoms with Crippen LogP contribution in [0.2, 0.25) is 19.6 Å². The summed E-state index contributed by atoms with van der Waals surface area (Å²) >= 11 is -2.01. The summed E-state index contributed by atoms with van der Waals surface area (Å²) in [4.78, 5) is 0. The summed E-state index contributed by atoms with van der Waals surface area (Å²) in [6, 6.07) is 16.4. The Balaban J connectivity index is 0.00000136. The Hall–Kier alpha value is -0.530. The van der Waals surface area contributed by atoms with Crippen LogP contribution in [-0.2, 0) is 27.7 Å². The molecule has 162 valence electrons. The Labute approximate surface area is 209 Å². The van der Waals surface area contributed by atoms with E-state index in [1.54, 1.807) is 14.0 Å². The summed E-state index contributed by atoms with van der Waals surface area (Å²) in [5.41, 5.74) is 6.24. The first-order valence-electron chi connectivity index (χ1n) is 11.4. The predicted molar refractivity (Wildman–Crippen MR) is 127 cm³/mol. The van der Waals surface area contributed by atoms with Crippen molar-refractivity contribution in [2.45, 2.75) is 64.6 Å². The molecule has 4 heteroatoms. The molecule has 31 heavy (non-hydrogen) atoms. The van der Waals surface area contributed by atoms with Gasteiger partial charge in [0.05, 0.1) is 0 Å². The second kappa shape index (κ2) is 10.2. The molecule has 0 radical (unpaired) electrons. The fourth-order valence-electron chi connectivity index (χ4n) is 5.43. The summed E-state index contributed by atoms with van der Waals surface area (Å²) in [5, 5.41) is 1.71. The largest absolute Gasteiger partial charge is 1.00 e. The molecule has 0 heterocycles. The van der Waals surface area contributed by atoms with E-state index in [2.05, 4.69) is 74.3 Å². The molecule has 1 saturated carbocycles. The molecule has 0 N–H and O–H groups in total. The number of rotatable bonds is 3. The van der Waals surface area contributed by atoms with Crippen LogP contribution in [0.4, 0.5) is 0 Å². The van der Waals surface area contributed by atoms with Gasteiger partial charge in [-0.1, -0.05) is 0 Å². The molecule has 0 atom stereocenters.